The van der Waals surface area contributed by atoms with Gasteiger partial charge in [0.05, 0.1) is 24.3 Å². The van der Waals surface area contributed by atoms with Crippen molar-refractivity contribution in [2.75, 3.05) is 24.5 Å². The molecule has 2 aromatic heterocycles. The smallest absolute Gasteiger partial charge is 0.245 e. The van der Waals surface area contributed by atoms with E-state index < -0.39 is 0 Å². The van der Waals surface area contributed by atoms with Crippen LogP contribution in [0.25, 0.3) is 16.9 Å². The van der Waals surface area contributed by atoms with Gasteiger partial charge in [-0.3, -0.25) is 0 Å². The van der Waals surface area contributed by atoms with E-state index in [0.29, 0.717) is 34.9 Å². The van der Waals surface area contributed by atoms with Crippen LogP contribution in [0.3, 0.4) is 0 Å². The number of aromatic nitrogens is 6. The van der Waals surface area contributed by atoms with Crippen molar-refractivity contribution in [2.24, 2.45) is 5.92 Å². The van der Waals surface area contributed by atoms with Crippen molar-refractivity contribution in [1.29, 1.82) is 0 Å². The second-order valence-corrected chi connectivity index (χ2v) is 6.91. The van der Waals surface area contributed by atoms with Gasteiger partial charge >= 0.3 is 0 Å². The van der Waals surface area contributed by atoms with Gasteiger partial charge in [-0.2, -0.15) is 15.0 Å². The first-order valence-electron chi connectivity index (χ1n) is 9.00. The topological polar surface area (TPSA) is 105 Å². The Balaban J connectivity index is 1.54. The molecule has 1 atom stereocenters. The molecule has 1 fully saturated rings. The SMILES string of the molecule is CC(C)[C@H]1CN(c2ncc(-c3ccc(-n4nccn4)cc3O)nn2)CCN1. The molecule has 9 heteroatoms. The molecular weight excluding hydrogens is 344 g/mol. The number of rotatable bonds is 4. The molecule has 9 nitrogen and oxygen atoms in total. The Morgan fingerprint density at radius 3 is 2.67 bits per heavy atom. The van der Waals surface area contributed by atoms with E-state index in [4.69, 9.17) is 0 Å². The molecule has 3 heterocycles. The molecule has 1 aliphatic rings. The lowest BCUT2D eigenvalue weighted by Gasteiger charge is -2.35. The van der Waals surface area contributed by atoms with E-state index in [1.54, 1.807) is 30.7 Å². The van der Waals surface area contributed by atoms with E-state index in [2.05, 4.69) is 49.4 Å². The molecule has 0 radical (unpaired) electrons. The van der Waals surface area contributed by atoms with Crippen LogP contribution in [0.15, 0.2) is 36.8 Å². The van der Waals surface area contributed by atoms with Crippen molar-refractivity contribution < 1.29 is 5.11 Å². The summed E-state index contributed by atoms with van der Waals surface area (Å²) in [6, 6.07) is 5.58. The van der Waals surface area contributed by atoms with Gasteiger partial charge in [-0.15, -0.1) is 10.2 Å². The van der Waals surface area contributed by atoms with E-state index in [1.807, 2.05) is 6.07 Å². The van der Waals surface area contributed by atoms with Gasteiger partial charge in [-0.1, -0.05) is 13.8 Å². The number of nitrogens with one attached hydrogen (secondary N) is 1. The zero-order chi connectivity index (χ0) is 18.8. The lowest BCUT2D eigenvalue weighted by molar-refractivity contribution is 0.365. The first-order valence-corrected chi connectivity index (χ1v) is 9.00. The fourth-order valence-corrected chi connectivity index (χ4v) is 3.15. The van der Waals surface area contributed by atoms with Crippen molar-refractivity contribution in [3.05, 3.63) is 36.8 Å². The average molecular weight is 366 g/mol. The average Bonchev–Trinajstić information content (AvgIpc) is 3.23. The number of phenols is 1. The number of aromatic hydroxyl groups is 1. The molecular formula is C18H22N8O. The van der Waals surface area contributed by atoms with Crippen molar-refractivity contribution in [3.63, 3.8) is 0 Å². The highest BCUT2D eigenvalue weighted by molar-refractivity contribution is 5.67. The molecule has 140 valence electrons. The van der Waals surface area contributed by atoms with Crippen molar-refractivity contribution in [1.82, 2.24) is 35.5 Å². The number of benzene rings is 1. The zero-order valence-corrected chi connectivity index (χ0v) is 15.3. The Hall–Kier alpha value is -3.07. The van der Waals surface area contributed by atoms with Crippen LogP contribution in [0.2, 0.25) is 0 Å². The summed E-state index contributed by atoms with van der Waals surface area (Å²) < 4.78 is 0. The molecule has 27 heavy (non-hydrogen) atoms. The zero-order valence-electron chi connectivity index (χ0n) is 15.3. The van der Waals surface area contributed by atoms with Gasteiger partial charge in [0.15, 0.2) is 0 Å². The van der Waals surface area contributed by atoms with Crippen LogP contribution in [0.1, 0.15) is 13.8 Å². The molecule has 0 unspecified atom stereocenters. The van der Waals surface area contributed by atoms with Crippen LogP contribution in [-0.4, -0.2) is 61.0 Å². The molecule has 0 saturated carbocycles. The highest BCUT2D eigenvalue weighted by Crippen LogP contribution is 2.29. The maximum Gasteiger partial charge on any atom is 0.245 e. The van der Waals surface area contributed by atoms with Crippen molar-refractivity contribution in [3.8, 4) is 22.7 Å². The van der Waals surface area contributed by atoms with Crippen LogP contribution in [0, 0.1) is 5.92 Å². The normalized spacial score (nSPS) is 17.4. The van der Waals surface area contributed by atoms with Crippen molar-refractivity contribution in [2.45, 2.75) is 19.9 Å². The predicted molar refractivity (Wildman–Crippen MR) is 101 cm³/mol. The first-order chi connectivity index (χ1) is 13.1. The van der Waals surface area contributed by atoms with Gasteiger partial charge < -0.3 is 15.3 Å². The van der Waals surface area contributed by atoms with Crippen LogP contribution in [-0.2, 0) is 0 Å². The van der Waals surface area contributed by atoms with Crippen LogP contribution >= 0.6 is 0 Å². The van der Waals surface area contributed by atoms with E-state index in [9.17, 15) is 5.11 Å². The standard InChI is InChI=1S/C18H22N8O/c1-12(2)16-11-25(8-7-19-16)18-20-10-15(23-24-18)14-4-3-13(9-17(14)27)26-21-5-6-22-26/h3-6,9-10,12,16,19,27H,7-8,11H2,1-2H3/t16-/m1/s1. The van der Waals surface area contributed by atoms with E-state index in [-0.39, 0.29) is 5.75 Å². The molecule has 2 N–H and O–H groups in total. The fraction of sp³-hybridized carbons (Fsp3) is 0.389. The number of hydrogen-bond donors (Lipinski definition) is 2. The lowest BCUT2D eigenvalue weighted by atomic mass is 10.0. The van der Waals surface area contributed by atoms with Gasteiger partial charge in [0.1, 0.15) is 11.4 Å². The molecule has 1 saturated heterocycles. The minimum absolute atomic E-state index is 0.0793. The maximum absolute atomic E-state index is 10.4. The fourth-order valence-electron chi connectivity index (χ4n) is 3.15. The Morgan fingerprint density at radius 2 is 2.00 bits per heavy atom. The number of piperazine rings is 1. The molecule has 0 amide bonds. The van der Waals surface area contributed by atoms with Crippen LogP contribution < -0.4 is 10.2 Å². The molecule has 4 rings (SSSR count). The Kier molecular flexibility index (Phi) is 4.68. The molecule has 3 aromatic rings. The summed E-state index contributed by atoms with van der Waals surface area (Å²) in [6.45, 7) is 7.01. The molecule has 0 bridgehead atoms. The summed E-state index contributed by atoms with van der Waals surface area (Å²) in [5.74, 6) is 1.23. The lowest BCUT2D eigenvalue weighted by Crippen LogP contribution is -2.53. The Labute approximate surface area is 157 Å². The summed E-state index contributed by atoms with van der Waals surface area (Å²) in [5.41, 5.74) is 1.75. The predicted octanol–water partition coefficient (Wildman–Crippen LogP) is 1.26. The first kappa shape index (κ1) is 17.3. The molecule has 1 aliphatic heterocycles. The van der Waals surface area contributed by atoms with E-state index in [0.717, 1.165) is 19.6 Å². The van der Waals surface area contributed by atoms with Crippen LogP contribution in [0.5, 0.6) is 5.75 Å². The van der Waals surface area contributed by atoms with Gasteiger partial charge in [0, 0.05) is 37.3 Å². The van der Waals surface area contributed by atoms with Gasteiger partial charge in [0.25, 0.3) is 0 Å². The quantitative estimate of drug-likeness (QED) is 0.711. The maximum atomic E-state index is 10.4. The molecule has 0 spiro atoms. The van der Waals surface area contributed by atoms with E-state index in [1.165, 1.54) is 4.80 Å². The van der Waals surface area contributed by atoms with Gasteiger partial charge in [-0.05, 0) is 18.1 Å². The summed E-state index contributed by atoms with van der Waals surface area (Å²) in [7, 11) is 0. The number of nitrogens with zero attached hydrogens (tertiary/aromatic N) is 7. The van der Waals surface area contributed by atoms with Crippen LogP contribution in [0.4, 0.5) is 5.95 Å². The summed E-state index contributed by atoms with van der Waals surface area (Å²) in [6.07, 6.45) is 4.81. The van der Waals surface area contributed by atoms with Crippen molar-refractivity contribution >= 4 is 5.95 Å². The third-order valence-corrected chi connectivity index (χ3v) is 4.75. The third kappa shape index (κ3) is 3.59. The largest absolute Gasteiger partial charge is 0.507 e. The minimum Gasteiger partial charge on any atom is -0.507 e. The second kappa shape index (κ2) is 7.28. The summed E-state index contributed by atoms with van der Waals surface area (Å²) in [4.78, 5) is 8.05. The van der Waals surface area contributed by atoms with Gasteiger partial charge in [0.2, 0.25) is 5.95 Å². The highest BCUT2D eigenvalue weighted by Gasteiger charge is 2.23. The summed E-state index contributed by atoms with van der Waals surface area (Å²) in [5, 5.41) is 30.6. The number of hydrogen-bond acceptors (Lipinski definition) is 8. The minimum atomic E-state index is 0.0793. The van der Waals surface area contributed by atoms with E-state index >= 15 is 0 Å². The number of anilines is 1. The Bertz CT molecular complexity index is 894. The molecule has 0 aliphatic carbocycles. The highest BCUT2D eigenvalue weighted by atomic mass is 16.3. The van der Waals surface area contributed by atoms with Gasteiger partial charge in [-0.25, -0.2) is 4.98 Å². The molecule has 1 aromatic carbocycles. The number of phenolic OH excluding ortho intramolecular Hbond substituents is 1. The Morgan fingerprint density at radius 1 is 1.19 bits per heavy atom. The monoisotopic (exact) mass is 366 g/mol. The third-order valence-electron chi connectivity index (χ3n) is 4.75. The summed E-state index contributed by atoms with van der Waals surface area (Å²) >= 11 is 0. The second-order valence-electron chi connectivity index (χ2n) is 6.91.